The molecular weight excluding hydrogens is 376 g/mol. The normalized spacial score (nSPS) is 12.5. The summed E-state index contributed by atoms with van der Waals surface area (Å²) in [6, 6.07) is 15.7. The molecule has 0 radical (unpaired) electrons. The summed E-state index contributed by atoms with van der Waals surface area (Å²) in [6.07, 6.45) is 1.70. The number of methoxy groups -OCH3 is 1. The zero-order valence-corrected chi connectivity index (χ0v) is 17.2. The van der Waals surface area contributed by atoms with Crippen LogP contribution in [0.25, 0.3) is 0 Å². The maximum atomic E-state index is 12.6. The summed E-state index contributed by atoms with van der Waals surface area (Å²) in [7, 11) is -1.99. The van der Waals surface area contributed by atoms with Crippen LogP contribution in [0.2, 0.25) is 0 Å². The molecule has 0 bridgehead atoms. The quantitative estimate of drug-likeness (QED) is 0.564. The van der Waals surface area contributed by atoms with Gasteiger partial charge in [0.1, 0.15) is 0 Å². The second-order valence-corrected chi connectivity index (χ2v) is 8.31. The molecule has 2 N–H and O–H groups in total. The van der Waals surface area contributed by atoms with Gasteiger partial charge in [0, 0.05) is 32.7 Å². The second kappa shape index (κ2) is 10.9. The first-order valence-electron chi connectivity index (χ1n) is 9.34. The van der Waals surface area contributed by atoms with Gasteiger partial charge in [0.2, 0.25) is 15.9 Å². The molecule has 0 aliphatic heterocycles. The van der Waals surface area contributed by atoms with E-state index in [-0.39, 0.29) is 16.8 Å². The Morgan fingerprint density at radius 1 is 1.07 bits per heavy atom. The van der Waals surface area contributed by atoms with E-state index in [9.17, 15) is 13.2 Å². The Labute approximate surface area is 167 Å². The highest BCUT2D eigenvalue weighted by molar-refractivity contribution is 7.89. The number of aryl methyl sites for hydroxylation is 1. The van der Waals surface area contributed by atoms with Crippen LogP contribution in [0.1, 0.15) is 36.9 Å². The van der Waals surface area contributed by atoms with E-state index in [2.05, 4.69) is 10.0 Å². The Hall–Kier alpha value is -2.22. The zero-order valence-electron chi connectivity index (χ0n) is 16.4. The molecule has 0 aliphatic carbocycles. The smallest absolute Gasteiger partial charge is 0.241 e. The second-order valence-electron chi connectivity index (χ2n) is 6.59. The summed E-state index contributed by atoms with van der Waals surface area (Å²) >= 11 is 0. The number of hydrogen-bond acceptors (Lipinski definition) is 4. The minimum atomic E-state index is -3.61. The number of ether oxygens (including phenoxy) is 1. The van der Waals surface area contributed by atoms with Crippen molar-refractivity contribution in [2.75, 3.05) is 20.3 Å². The molecule has 0 aromatic heterocycles. The Balaban J connectivity index is 1.87. The van der Waals surface area contributed by atoms with Crippen molar-refractivity contribution in [3.63, 3.8) is 0 Å². The van der Waals surface area contributed by atoms with Crippen LogP contribution in [-0.2, 0) is 26.0 Å². The molecule has 6 nitrogen and oxygen atoms in total. The Morgan fingerprint density at radius 3 is 2.39 bits per heavy atom. The van der Waals surface area contributed by atoms with Gasteiger partial charge in [-0.15, -0.1) is 0 Å². The zero-order chi connectivity index (χ0) is 20.4. The molecular formula is C21H28N2O4S. The third kappa shape index (κ3) is 7.07. The topological polar surface area (TPSA) is 84.5 Å². The Kier molecular flexibility index (Phi) is 8.63. The van der Waals surface area contributed by atoms with Gasteiger partial charge in [-0.3, -0.25) is 4.79 Å². The van der Waals surface area contributed by atoms with Crippen molar-refractivity contribution in [3.05, 3.63) is 65.7 Å². The van der Waals surface area contributed by atoms with E-state index < -0.39 is 10.0 Å². The van der Waals surface area contributed by atoms with Crippen LogP contribution in [0.3, 0.4) is 0 Å². The molecule has 152 valence electrons. The van der Waals surface area contributed by atoms with Crippen LogP contribution in [0.4, 0.5) is 0 Å². The van der Waals surface area contributed by atoms with Crippen molar-refractivity contribution in [1.82, 2.24) is 10.0 Å². The lowest BCUT2D eigenvalue weighted by Gasteiger charge is -2.15. The van der Waals surface area contributed by atoms with Gasteiger partial charge in [0.05, 0.1) is 4.90 Å². The highest BCUT2D eigenvalue weighted by Gasteiger charge is 2.18. The van der Waals surface area contributed by atoms with Crippen LogP contribution >= 0.6 is 0 Å². The van der Waals surface area contributed by atoms with E-state index in [1.54, 1.807) is 31.4 Å². The van der Waals surface area contributed by atoms with Crippen LogP contribution in [-0.4, -0.2) is 34.6 Å². The van der Waals surface area contributed by atoms with Crippen molar-refractivity contribution in [2.24, 2.45) is 0 Å². The van der Waals surface area contributed by atoms with E-state index >= 15 is 0 Å². The summed E-state index contributed by atoms with van der Waals surface area (Å²) in [5.74, 6) is -0.0221. The summed E-state index contributed by atoms with van der Waals surface area (Å²) < 4.78 is 32.8. The van der Waals surface area contributed by atoms with Crippen molar-refractivity contribution in [1.29, 1.82) is 0 Å². The van der Waals surface area contributed by atoms with Gasteiger partial charge < -0.3 is 10.1 Å². The third-order valence-electron chi connectivity index (χ3n) is 4.35. The third-order valence-corrected chi connectivity index (χ3v) is 5.91. The van der Waals surface area contributed by atoms with E-state index in [1.807, 2.05) is 37.3 Å². The summed E-state index contributed by atoms with van der Waals surface area (Å²) in [4.78, 5) is 12.0. The standard InChI is InChI=1S/C21H28N2O4S/c1-17(19-7-4-3-5-8-19)23-28(25,26)20-12-9-18(10-13-20)11-14-21(24)22-15-6-16-27-2/h3-5,7-10,12-13,17,23H,6,11,14-16H2,1-2H3,(H,22,24)/t17-/m0/s1. The number of benzene rings is 2. The summed E-state index contributed by atoms with van der Waals surface area (Å²) in [6.45, 7) is 3.02. The van der Waals surface area contributed by atoms with Gasteiger partial charge in [-0.05, 0) is 43.0 Å². The summed E-state index contributed by atoms with van der Waals surface area (Å²) in [5.41, 5.74) is 1.82. The number of hydrogen-bond donors (Lipinski definition) is 2. The predicted molar refractivity (Wildman–Crippen MR) is 109 cm³/mol. The first-order valence-corrected chi connectivity index (χ1v) is 10.8. The van der Waals surface area contributed by atoms with Crippen LogP contribution in [0.15, 0.2) is 59.5 Å². The van der Waals surface area contributed by atoms with Crippen molar-refractivity contribution in [3.8, 4) is 0 Å². The Morgan fingerprint density at radius 2 is 1.75 bits per heavy atom. The molecule has 0 spiro atoms. The molecule has 0 saturated heterocycles. The van der Waals surface area contributed by atoms with Gasteiger partial charge in [-0.1, -0.05) is 42.5 Å². The van der Waals surface area contributed by atoms with E-state index in [0.29, 0.717) is 26.0 Å². The van der Waals surface area contributed by atoms with Gasteiger partial charge in [-0.25, -0.2) is 13.1 Å². The van der Waals surface area contributed by atoms with Gasteiger partial charge in [-0.2, -0.15) is 0 Å². The van der Waals surface area contributed by atoms with E-state index in [4.69, 9.17) is 4.74 Å². The lowest BCUT2D eigenvalue weighted by Crippen LogP contribution is -2.27. The molecule has 0 aliphatic rings. The number of carbonyl (C=O) groups excluding carboxylic acids is 1. The largest absolute Gasteiger partial charge is 0.385 e. The number of rotatable bonds is 11. The maximum absolute atomic E-state index is 12.6. The molecule has 2 aromatic carbocycles. The SMILES string of the molecule is COCCCNC(=O)CCc1ccc(S(=O)(=O)N[C@@H](C)c2ccccc2)cc1. The van der Waals surface area contributed by atoms with Crippen molar-refractivity contribution >= 4 is 15.9 Å². The first kappa shape index (κ1) is 22.1. The minimum absolute atomic E-state index is 0.0221. The molecule has 0 saturated carbocycles. The van der Waals surface area contributed by atoms with Crippen molar-refractivity contribution in [2.45, 2.75) is 37.1 Å². The molecule has 2 rings (SSSR count). The summed E-state index contributed by atoms with van der Waals surface area (Å²) in [5, 5.41) is 2.84. The van der Waals surface area contributed by atoms with Crippen LogP contribution < -0.4 is 10.0 Å². The molecule has 28 heavy (non-hydrogen) atoms. The molecule has 0 fully saturated rings. The molecule has 0 unspecified atom stereocenters. The number of amides is 1. The maximum Gasteiger partial charge on any atom is 0.241 e. The molecule has 7 heteroatoms. The Bertz CT molecular complexity index is 836. The van der Waals surface area contributed by atoms with E-state index in [0.717, 1.165) is 17.5 Å². The van der Waals surface area contributed by atoms with Gasteiger partial charge >= 0.3 is 0 Å². The molecule has 0 heterocycles. The van der Waals surface area contributed by atoms with E-state index in [1.165, 1.54) is 0 Å². The average molecular weight is 405 g/mol. The molecule has 1 amide bonds. The number of carbonyl (C=O) groups is 1. The lowest BCUT2D eigenvalue weighted by molar-refractivity contribution is -0.121. The minimum Gasteiger partial charge on any atom is -0.385 e. The van der Waals surface area contributed by atoms with Crippen molar-refractivity contribution < 1.29 is 17.9 Å². The van der Waals surface area contributed by atoms with Gasteiger partial charge in [0.25, 0.3) is 0 Å². The monoisotopic (exact) mass is 404 g/mol. The van der Waals surface area contributed by atoms with Crippen LogP contribution in [0, 0.1) is 0 Å². The molecule has 1 atom stereocenters. The number of nitrogens with one attached hydrogen (secondary N) is 2. The lowest BCUT2D eigenvalue weighted by atomic mass is 10.1. The first-order chi connectivity index (χ1) is 13.4. The fourth-order valence-electron chi connectivity index (χ4n) is 2.74. The van der Waals surface area contributed by atoms with Crippen LogP contribution in [0.5, 0.6) is 0 Å². The number of sulfonamides is 1. The molecule has 2 aromatic rings. The average Bonchev–Trinajstić information content (AvgIpc) is 2.70. The fourth-order valence-corrected chi connectivity index (χ4v) is 3.97. The fraction of sp³-hybridized carbons (Fsp3) is 0.381. The highest BCUT2D eigenvalue weighted by Crippen LogP contribution is 2.17. The van der Waals surface area contributed by atoms with Gasteiger partial charge in [0.15, 0.2) is 0 Å². The highest BCUT2D eigenvalue weighted by atomic mass is 32.2. The predicted octanol–water partition coefficient (Wildman–Crippen LogP) is 2.81.